The van der Waals surface area contributed by atoms with E-state index in [1.165, 1.54) is 31.4 Å². The third-order valence-corrected chi connectivity index (χ3v) is 8.43. The standard InChI is InChI=1S/C28H33FN6O10S2/c1-5-6-9-34-13-17(12-33(34)4)16-7-8-22(19(29)10-16)43-14-23(26(38)39)44-32-24(20-15-46-27(30)31-20)21(36)11-18-25(37)35(28(18,2)3)45-47(40,41)42/h7-8,10,12-13,15,18,23H,5-6,9,11,14H2,1-4H3,(H3-,30,31,38,39,40,41,42)/p+1/b32-24-/t18-,23+/m1/s1. The number of ether oxygens (including phenoxy) is 1. The molecule has 19 heteroatoms. The van der Waals surface area contributed by atoms with Gasteiger partial charge in [0.2, 0.25) is 6.20 Å². The number of nitrogen functional groups attached to an aromatic ring is 1. The molecule has 0 bridgehead atoms. The van der Waals surface area contributed by atoms with Crippen molar-refractivity contribution in [2.75, 3.05) is 12.3 Å². The number of rotatable bonds is 16. The third-order valence-electron chi connectivity index (χ3n) is 7.42. The Bertz CT molecular complexity index is 1810. The number of oxime groups is 1. The molecule has 1 aliphatic heterocycles. The fourth-order valence-electron chi connectivity index (χ4n) is 4.76. The maximum absolute atomic E-state index is 15.0. The van der Waals surface area contributed by atoms with Gasteiger partial charge in [-0.1, -0.05) is 24.6 Å². The predicted molar refractivity (Wildman–Crippen MR) is 164 cm³/mol. The van der Waals surface area contributed by atoms with E-state index in [1.807, 2.05) is 28.8 Å². The van der Waals surface area contributed by atoms with Crippen LogP contribution in [0.15, 0.2) is 41.1 Å². The first-order valence-corrected chi connectivity index (χ1v) is 16.5. The number of ketones is 1. The Kier molecular flexibility index (Phi) is 10.6. The Morgan fingerprint density at radius 2 is 2.02 bits per heavy atom. The van der Waals surface area contributed by atoms with Gasteiger partial charge in [0.1, 0.15) is 12.3 Å². The number of aliphatic carboxylic acids is 1. The normalized spacial score (nSPS) is 16.9. The second-order valence-electron chi connectivity index (χ2n) is 11.2. The molecular formula is C28H34FN6O10S2+. The van der Waals surface area contributed by atoms with Gasteiger partial charge in [-0.2, -0.15) is 18.2 Å². The number of carbonyl (C=O) groups excluding carboxylic acids is 2. The molecule has 1 saturated heterocycles. The first kappa shape index (κ1) is 35.4. The molecule has 16 nitrogen and oxygen atoms in total. The van der Waals surface area contributed by atoms with Gasteiger partial charge in [-0.25, -0.2) is 14.2 Å². The third kappa shape index (κ3) is 8.28. The van der Waals surface area contributed by atoms with Crippen molar-refractivity contribution in [1.29, 1.82) is 0 Å². The summed E-state index contributed by atoms with van der Waals surface area (Å²) in [7, 11) is -3.13. The number of carboxylic acid groups (broad SMARTS) is 1. The number of benzene rings is 1. The highest BCUT2D eigenvalue weighted by atomic mass is 32.3. The topological polar surface area (TPSA) is 217 Å². The molecule has 0 aliphatic carbocycles. The molecule has 0 spiro atoms. The van der Waals surface area contributed by atoms with E-state index in [2.05, 4.69) is 21.3 Å². The van der Waals surface area contributed by atoms with Gasteiger partial charge >= 0.3 is 16.4 Å². The highest BCUT2D eigenvalue weighted by Gasteiger charge is 2.57. The molecular weight excluding hydrogens is 663 g/mol. The number of carbonyl (C=O) groups is 3. The van der Waals surface area contributed by atoms with Crippen LogP contribution in [0.2, 0.25) is 0 Å². The molecule has 0 unspecified atom stereocenters. The van der Waals surface area contributed by atoms with Crippen LogP contribution >= 0.6 is 11.3 Å². The molecule has 1 amide bonds. The van der Waals surface area contributed by atoms with Crippen LogP contribution in [-0.4, -0.2) is 74.4 Å². The van der Waals surface area contributed by atoms with Gasteiger partial charge in [0.25, 0.3) is 12.0 Å². The minimum absolute atomic E-state index is 0.0524. The number of unbranched alkanes of at least 4 members (excludes halogenated alkanes) is 1. The van der Waals surface area contributed by atoms with Crippen molar-refractivity contribution in [2.45, 2.75) is 58.2 Å². The second kappa shape index (κ2) is 14.1. The number of nitrogens with zero attached hydrogens (tertiary/aromatic N) is 5. The molecule has 1 aromatic carbocycles. The molecule has 4 N–H and O–H groups in total. The number of anilines is 1. The first-order chi connectivity index (χ1) is 22.0. The summed E-state index contributed by atoms with van der Waals surface area (Å²) in [4.78, 5) is 47.0. The van der Waals surface area contributed by atoms with Crippen molar-refractivity contribution < 1.29 is 55.4 Å². The van der Waals surface area contributed by atoms with Crippen molar-refractivity contribution in [3.8, 4) is 16.9 Å². The van der Waals surface area contributed by atoms with E-state index in [0.717, 1.165) is 36.3 Å². The Labute approximate surface area is 273 Å². The lowest BCUT2D eigenvalue weighted by atomic mass is 9.74. The van der Waals surface area contributed by atoms with E-state index in [1.54, 1.807) is 6.07 Å². The van der Waals surface area contributed by atoms with Crippen LogP contribution in [0.1, 0.15) is 45.7 Å². The van der Waals surface area contributed by atoms with Crippen LogP contribution in [0.3, 0.4) is 0 Å². The first-order valence-electron chi connectivity index (χ1n) is 14.2. The summed E-state index contributed by atoms with van der Waals surface area (Å²) in [5.74, 6) is -5.37. The fraction of sp³-hybridized carbons (Fsp3) is 0.429. The second-order valence-corrected chi connectivity index (χ2v) is 13.1. The summed E-state index contributed by atoms with van der Waals surface area (Å²) < 4.78 is 59.8. The van der Waals surface area contributed by atoms with E-state index in [0.29, 0.717) is 10.6 Å². The highest BCUT2D eigenvalue weighted by molar-refractivity contribution is 7.80. The number of hydroxylamine groups is 2. The van der Waals surface area contributed by atoms with Gasteiger partial charge in [0.15, 0.2) is 35.2 Å². The van der Waals surface area contributed by atoms with E-state index >= 15 is 4.39 Å². The molecule has 1 aliphatic rings. The number of aromatic nitrogens is 3. The molecule has 0 saturated carbocycles. The number of aryl methyl sites for hydroxylation is 2. The van der Waals surface area contributed by atoms with E-state index in [9.17, 15) is 27.9 Å². The quantitative estimate of drug-likeness (QED) is 0.0645. The number of Topliss-reactive ketones (excluding diaryl/α,β-unsaturated/α-hetero) is 1. The number of thiazole rings is 1. The van der Waals surface area contributed by atoms with Crippen molar-refractivity contribution in [2.24, 2.45) is 18.1 Å². The summed E-state index contributed by atoms with van der Waals surface area (Å²) in [6.45, 7) is 5.00. The van der Waals surface area contributed by atoms with Gasteiger partial charge in [-0.05, 0) is 38.0 Å². The Hall–Kier alpha value is -4.46. The zero-order valence-corrected chi connectivity index (χ0v) is 27.5. The lowest BCUT2D eigenvalue weighted by Crippen LogP contribution is -2.68. The van der Waals surface area contributed by atoms with Crippen molar-refractivity contribution in [3.05, 3.63) is 47.5 Å². The van der Waals surface area contributed by atoms with Crippen LogP contribution < -0.4 is 15.2 Å². The average molecular weight is 698 g/mol. The largest absolute Gasteiger partial charge is 0.486 e. The van der Waals surface area contributed by atoms with Crippen LogP contribution in [0.4, 0.5) is 9.52 Å². The summed E-state index contributed by atoms with van der Waals surface area (Å²) in [6, 6.07) is 4.25. The number of halogens is 1. The zero-order valence-electron chi connectivity index (χ0n) is 25.8. The number of amides is 1. The molecule has 3 aromatic rings. The molecule has 254 valence electrons. The minimum atomic E-state index is -5.01. The molecule has 0 radical (unpaired) electrons. The summed E-state index contributed by atoms with van der Waals surface area (Å²) in [6.07, 6.45) is 3.42. The SMILES string of the molecule is CCCCn1cc(-c2ccc(OC[C@H](O/N=C(\C(=O)C[C@@H]3C(=O)N(OS(=O)(=O)O)C3(C)C)c3csc(N)n3)C(=O)O)c(F)c2)c[n+]1C. The molecule has 3 heterocycles. The Morgan fingerprint density at radius 3 is 2.60 bits per heavy atom. The van der Waals surface area contributed by atoms with Crippen LogP contribution in [-0.2, 0) is 47.5 Å². The summed E-state index contributed by atoms with van der Waals surface area (Å²) in [5.41, 5.74) is 5.17. The number of carboxylic acids is 1. The van der Waals surface area contributed by atoms with Crippen molar-refractivity contribution >= 4 is 50.2 Å². The van der Waals surface area contributed by atoms with Crippen LogP contribution in [0.25, 0.3) is 11.1 Å². The number of hydrogen-bond donors (Lipinski definition) is 3. The number of β-lactam (4-membered cyclic amide) rings is 1. The molecule has 47 heavy (non-hydrogen) atoms. The molecule has 2 atom stereocenters. The fourth-order valence-corrected chi connectivity index (χ4v) is 5.77. The van der Waals surface area contributed by atoms with E-state index in [-0.39, 0.29) is 16.6 Å². The lowest BCUT2D eigenvalue weighted by Gasteiger charge is -2.50. The smallest absolute Gasteiger partial charge is 0.418 e. The molecule has 1 fully saturated rings. The Morgan fingerprint density at radius 1 is 1.30 bits per heavy atom. The van der Waals surface area contributed by atoms with Crippen molar-refractivity contribution in [1.82, 2.24) is 14.7 Å². The van der Waals surface area contributed by atoms with E-state index < -0.39 is 70.2 Å². The number of hydrogen-bond acceptors (Lipinski definition) is 12. The summed E-state index contributed by atoms with van der Waals surface area (Å²) >= 11 is 0.953. The van der Waals surface area contributed by atoms with Gasteiger partial charge in [-0.15, -0.1) is 20.3 Å². The zero-order chi connectivity index (χ0) is 34.7. The molecule has 4 rings (SSSR count). The van der Waals surface area contributed by atoms with Gasteiger partial charge in [-0.3, -0.25) is 14.1 Å². The van der Waals surface area contributed by atoms with Crippen LogP contribution in [0.5, 0.6) is 5.75 Å². The van der Waals surface area contributed by atoms with Gasteiger partial charge in [0.05, 0.1) is 29.8 Å². The lowest BCUT2D eigenvalue weighted by molar-refractivity contribution is -0.753. The minimum Gasteiger partial charge on any atom is -0.486 e. The van der Waals surface area contributed by atoms with E-state index in [4.69, 9.17) is 19.9 Å². The Balaban J connectivity index is 1.47. The predicted octanol–water partition coefficient (Wildman–Crippen LogP) is 2.14. The van der Waals surface area contributed by atoms with Gasteiger partial charge < -0.3 is 20.4 Å². The summed E-state index contributed by atoms with van der Waals surface area (Å²) in [5, 5.41) is 15.3. The maximum Gasteiger partial charge on any atom is 0.418 e. The van der Waals surface area contributed by atoms with Crippen molar-refractivity contribution in [3.63, 3.8) is 0 Å². The average Bonchev–Trinajstić information content (AvgIpc) is 3.59. The maximum atomic E-state index is 15.0. The van der Waals surface area contributed by atoms with Crippen LogP contribution in [0, 0.1) is 11.7 Å². The monoisotopic (exact) mass is 697 g/mol. The highest BCUT2D eigenvalue weighted by Crippen LogP contribution is 2.40. The number of nitrogens with two attached hydrogens (primary N) is 1. The van der Waals surface area contributed by atoms with Gasteiger partial charge in [0, 0.05) is 11.8 Å². The molecule has 2 aromatic heterocycles.